The summed E-state index contributed by atoms with van der Waals surface area (Å²) in [5.41, 5.74) is 1.63. The van der Waals surface area contributed by atoms with E-state index in [1.165, 1.54) is 0 Å². The Bertz CT molecular complexity index is 1190. The van der Waals surface area contributed by atoms with Gasteiger partial charge in [0, 0.05) is 57.4 Å². The molecular weight excluding hydrogens is 462 g/mol. The average Bonchev–Trinajstić information content (AvgIpc) is 3.44. The van der Waals surface area contributed by atoms with Crippen LogP contribution in [-0.2, 0) is 17.4 Å². The van der Waals surface area contributed by atoms with Gasteiger partial charge in [0.05, 0.1) is 10.6 Å². The Morgan fingerprint density at radius 2 is 1.74 bits per heavy atom. The number of hydrogen-bond donors (Lipinski definition) is 1. The molecule has 0 radical (unpaired) electrons. The number of rotatable bonds is 7. The Kier molecular flexibility index (Phi) is 7.26. The molecule has 1 N–H and O–H groups in total. The summed E-state index contributed by atoms with van der Waals surface area (Å²) in [7, 11) is 0.973. The number of nitrogens with one attached hydrogen (secondary N) is 1. The van der Waals surface area contributed by atoms with Gasteiger partial charge in [0.15, 0.2) is 0 Å². The second-order valence-electron chi connectivity index (χ2n) is 8.82. The molecule has 2 aliphatic rings. The molecule has 35 heavy (non-hydrogen) atoms. The summed E-state index contributed by atoms with van der Waals surface area (Å²) in [6.07, 6.45) is 4.61. The van der Waals surface area contributed by atoms with E-state index in [2.05, 4.69) is 47.1 Å². The average molecular weight is 494 g/mol. The lowest BCUT2D eigenvalue weighted by Gasteiger charge is -2.32. The molecule has 184 valence electrons. The largest absolute Gasteiger partial charge is 0.338 e. The van der Waals surface area contributed by atoms with Crippen molar-refractivity contribution in [2.75, 3.05) is 56.5 Å². The number of aromatic nitrogens is 5. The first kappa shape index (κ1) is 23.7. The highest BCUT2D eigenvalue weighted by atomic mass is 32.2. The van der Waals surface area contributed by atoms with Crippen molar-refractivity contribution in [3.05, 3.63) is 42.4 Å². The summed E-state index contributed by atoms with van der Waals surface area (Å²) in [6, 6.07) is 9.61. The van der Waals surface area contributed by atoms with E-state index in [0.717, 1.165) is 74.1 Å². The lowest BCUT2D eigenvalue weighted by molar-refractivity contribution is 0.311. The van der Waals surface area contributed by atoms with Crippen LogP contribution in [0.25, 0.3) is 11.3 Å². The monoisotopic (exact) mass is 493 g/mol. The van der Waals surface area contributed by atoms with Gasteiger partial charge in [0.25, 0.3) is 0 Å². The first-order valence-electron chi connectivity index (χ1n) is 12.1. The number of hydrogen-bond acceptors (Lipinski definition) is 9. The van der Waals surface area contributed by atoms with Crippen LogP contribution in [0, 0.1) is 0 Å². The molecular formula is C24H31N9OS. The van der Waals surface area contributed by atoms with Gasteiger partial charge in [-0.2, -0.15) is 15.0 Å². The maximum atomic E-state index is 12.9. The molecule has 10 nitrogen and oxygen atoms in total. The van der Waals surface area contributed by atoms with Crippen LogP contribution in [0.5, 0.6) is 0 Å². The summed E-state index contributed by atoms with van der Waals surface area (Å²) >= 11 is 0. The molecule has 0 bridgehead atoms. The van der Waals surface area contributed by atoms with Gasteiger partial charge >= 0.3 is 0 Å². The van der Waals surface area contributed by atoms with Crippen molar-refractivity contribution in [2.24, 2.45) is 0 Å². The Morgan fingerprint density at radius 3 is 2.51 bits per heavy atom. The Labute approximate surface area is 208 Å². The lowest BCUT2D eigenvalue weighted by Crippen LogP contribution is -2.45. The third kappa shape index (κ3) is 5.63. The second-order valence-corrected chi connectivity index (χ2v) is 10.3. The highest BCUT2D eigenvalue weighted by molar-refractivity contribution is 7.82. The van der Waals surface area contributed by atoms with E-state index in [0.29, 0.717) is 24.3 Å². The molecule has 2 aliphatic heterocycles. The van der Waals surface area contributed by atoms with Gasteiger partial charge in [0.1, 0.15) is 16.8 Å². The molecule has 2 fully saturated rings. The SMILES string of the molecule is CCc1nc(Nc2nccc(-c3cccc(S(=O)N4CCCC4)c3)n2)nc(N2CCN(C)CC2)n1. The fourth-order valence-corrected chi connectivity index (χ4v) is 5.53. The molecule has 1 unspecified atom stereocenters. The summed E-state index contributed by atoms with van der Waals surface area (Å²) in [5, 5.41) is 3.17. The zero-order chi connectivity index (χ0) is 24.2. The molecule has 0 spiro atoms. The molecule has 0 amide bonds. The topological polar surface area (TPSA) is 103 Å². The fraction of sp³-hybridized carbons (Fsp3) is 0.458. The number of piperazine rings is 1. The minimum Gasteiger partial charge on any atom is -0.338 e. The second kappa shape index (κ2) is 10.7. The van der Waals surface area contributed by atoms with Gasteiger partial charge in [-0.1, -0.05) is 19.1 Å². The number of benzene rings is 1. The molecule has 5 rings (SSSR count). The molecule has 3 aromatic rings. The van der Waals surface area contributed by atoms with E-state index in [1.54, 1.807) is 6.20 Å². The van der Waals surface area contributed by atoms with Gasteiger partial charge in [-0.15, -0.1) is 0 Å². The van der Waals surface area contributed by atoms with Crippen LogP contribution in [0.4, 0.5) is 17.8 Å². The molecule has 0 saturated carbocycles. The van der Waals surface area contributed by atoms with Crippen LogP contribution in [-0.4, -0.2) is 84.7 Å². The highest BCUT2D eigenvalue weighted by Crippen LogP contribution is 2.24. The van der Waals surface area contributed by atoms with Gasteiger partial charge in [-0.3, -0.25) is 5.32 Å². The summed E-state index contributed by atoms with van der Waals surface area (Å²) < 4.78 is 15.0. The van der Waals surface area contributed by atoms with Crippen LogP contribution >= 0.6 is 0 Å². The quantitative estimate of drug-likeness (QED) is 0.532. The van der Waals surface area contributed by atoms with E-state index < -0.39 is 11.0 Å². The summed E-state index contributed by atoms with van der Waals surface area (Å²) in [6.45, 7) is 7.49. The van der Waals surface area contributed by atoms with Crippen molar-refractivity contribution in [3.8, 4) is 11.3 Å². The zero-order valence-electron chi connectivity index (χ0n) is 20.2. The van der Waals surface area contributed by atoms with Crippen molar-refractivity contribution in [3.63, 3.8) is 0 Å². The molecule has 2 saturated heterocycles. The van der Waals surface area contributed by atoms with Crippen LogP contribution in [0.15, 0.2) is 41.4 Å². The lowest BCUT2D eigenvalue weighted by atomic mass is 10.1. The number of likely N-dealkylation sites (N-methyl/N-ethyl adjacent to an activating group) is 1. The molecule has 1 aromatic carbocycles. The summed E-state index contributed by atoms with van der Waals surface area (Å²) in [5.74, 6) is 2.25. The van der Waals surface area contributed by atoms with E-state index >= 15 is 0 Å². The standard InChI is InChI=1S/C24H31N9OS/c1-3-21-27-23(30-24(28-21)32-15-13-31(2)14-16-32)29-22-25-10-9-20(26-22)18-7-6-8-19(17-18)35(34)33-11-4-5-12-33/h6-10,17H,3-5,11-16H2,1-2H3,(H,25,26,27,28,29,30). The predicted molar refractivity (Wildman–Crippen MR) is 137 cm³/mol. The maximum absolute atomic E-state index is 12.9. The Balaban J connectivity index is 1.37. The minimum atomic E-state index is -1.15. The van der Waals surface area contributed by atoms with Gasteiger partial charge in [-0.25, -0.2) is 18.5 Å². The zero-order valence-corrected chi connectivity index (χ0v) is 21.0. The van der Waals surface area contributed by atoms with Crippen molar-refractivity contribution in [2.45, 2.75) is 31.1 Å². The van der Waals surface area contributed by atoms with Gasteiger partial charge in [0.2, 0.25) is 17.8 Å². The number of aryl methyl sites for hydroxylation is 1. The number of anilines is 3. The van der Waals surface area contributed by atoms with Crippen LogP contribution in [0.1, 0.15) is 25.6 Å². The molecule has 1 atom stereocenters. The first-order chi connectivity index (χ1) is 17.1. The molecule has 4 heterocycles. The van der Waals surface area contributed by atoms with Crippen LogP contribution < -0.4 is 10.2 Å². The molecule has 2 aromatic heterocycles. The predicted octanol–water partition coefficient (Wildman–Crippen LogP) is 2.50. The van der Waals surface area contributed by atoms with Crippen molar-refractivity contribution in [1.29, 1.82) is 0 Å². The van der Waals surface area contributed by atoms with Crippen molar-refractivity contribution >= 4 is 28.8 Å². The third-order valence-electron chi connectivity index (χ3n) is 6.28. The third-order valence-corrected chi connectivity index (χ3v) is 7.77. The Morgan fingerprint density at radius 1 is 0.943 bits per heavy atom. The van der Waals surface area contributed by atoms with E-state index in [1.807, 2.05) is 41.6 Å². The van der Waals surface area contributed by atoms with Crippen LogP contribution in [0.3, 0.4) is 0 Å². The van der Waals surface area contributed by atoms with Gasteiger partial charge < -0.3 is 9.80 Å². The normalized spacial score (nSPS) is 18.1. The molecule has 11 heteroatoms. The summed E-state index contributed by atoms with van der Waals surface area (Å²) in [4.78, 5) is 28.2. The van der Waals surface area contributed by atoms with E-state index in [4.69, 9.17) is 0 Å². The minimum absolute atomic E-state index is 0.408. The Hall–Kier alpha value is -3.02. The smallest absolute Gasteiger partial charge is 0.234 e. The van der Waals surface area contributed by atoms with Crippen LogP contribution in [0.2, 0.25) is 0 Å². The van der Waals surface area contributed by atoms with Gasteiger partial charge in [-0.05, 0) is 38.1 Å². The van der Waals surface area contributed by atoms with E-state index in [9.17, 15) is 4.21 Å². The highest BCUT2D eigenvalue weighted by Gasteiger charge is 2.20. The van der Waals surface area contributed by atoms with E-state index in [-0.39, 0.29) is 0 Å². The number of nitrogens with zero attached hydrogens (tertiary/aromatic N) is 8. The van der Waals surface area contributed by atoms with Crippen molar-refractivity contribution < 1.29 is 4.21 Å². The molecule has 0 aliphatic carbocycles. The first-order valence-corrected chi connectivity index (χ1v) is 13.3. The maximum Gasteiger partial charge on any atom is 0.234 e. The van der Waals surface area contributed by atoms with Crippen molar-refractivity contribution in [1.82, 2.24) is 34.1 Å². The fourth-order valence-electron chi connectivity index (χ4n) is 4.22.